The number of anilines is 2. The minimum Gasteiger partial charge on any atom is -0.444 e. The number of piperidine rings is 1. The van der Waals surface area contributed by atoms with Gasteiger partial charge in [0.1, 0.15) is 11.4 Å². The number of aryl methyl sites for hydroxylation is 1. The zero-order chi connectivity index (χ0) is 34.1. The number of alkyl carbamates (subject to hydrolysis) is 1. The van der Waals surface area contributed by atoms with Crippen LogP contribution in [-0.2, 0) is 10.2 Å². The summed E-state index contributed by atoms with van der Waals surface area (Å²) in [4.78, 5) is 45.9. The predicted octanol–water partition coefficient (Wildman–Crippen LogP) is 5.23. The molecule has 2 fully saturated rings. The molecule has 47 heavy (non-hydrogen) atoms. The van der Waals surface area contributed by atoms with Crippen LogP contribution < -0.4 is 15.1 Å². The molecule has 3 aromatic rings. The molecule has 4 heterocycles. The first-order valence-corrected chi connectivity index (χ1v) is 16.4. The molecule has 2 saturated heterocycles. The van der Waals surface area contributed by atoms with Crippen LogP contribution in [0.4, 0.5) is 21.1 Å². The Labute approximate surface area is 276 Å². The van der Waals surface area contributed by atoms with Crippen LogP contribution in [0.25, 0.3) is 0 Å². The van der Waals surface area contributed by atoms with Gasteiger partial charge >= 0.3 is 12.1 Å². The number of halogens is 1. The van der Waals surface area contributed by atoms with Crippen LogP contribution in [0.15, 0.2) is 35.1 Å². The molecule has 2 atom stereocenters. The Bertz CT molecular complexity index is 1560. The number of aromatic nitrogens is 4. The van der Waals surface area contributed by atoms with E-state index in [-0.39, 0.29) is 29.1 Å². The van der Waals surface area contributed by atoms with Crippen LogP contribution in [0, 0.1) is 12.7 Å². The van der Waals surface area contributed by atoms with E-state index < -0.39 is 17.7 Å². The molecule has 13 heteroatoms. The van der Waals surface area contributed by atoms with Crippen molar-refractivity contribution in [3.8, 4) is 0 Å². The van der Waals surface area contributed by atoms with Crippen LogP contribution in [0.1, 0.15) is 94.5 Å². The molecular formula is C34H47FN8O4. The largest absolute Gasteiger partial charge is 0.444 e. The second-order valence-electron chi connectivity index (χ2n) is 14.5. The molecule has 0 radical (unpaired) electrons. The number of hydrogen-bond donors (Lipinski definition) is 1. The maximum absolute atomic E-state index is 15.0. The maximum atomic E-state index is 15.0. The van der Waals surface area contributed by atoms with Gasteiger partial charge in [0, 0.05) is 62.5 Å². The zero-order valence-electron chi connectivity index (χ0n) is 28.7. The molecule has 0 saturated carbocycles. The number of ether oxygens (including phenoxy) is 1. The highest BCUT2D eigenvalue weighted by Crippen LogP contribution is 2.33. The van der Waals surface area contributed by atoms with E-state index in [4.69, 9.17) is 9.26 Å². The normalized spacial score (nSPS) is 19.2. The average Bonchev–Trinajstić information content (AvgIpc) is 3.67. The highest BCUT2D eigenvalue weighted by Gasteiger charge is 2.39. The third kappa shape index (κ3) is 7.99. The fourth-order valence-electron chi connectivity index (χ4n) is 6.18. The Morgan fingerprint density at radius 2 is 1.74 bits per heavy atom. The number of carbonyl (C=O) groups is 2. The van der Waals surface area contributed by atoms with E-state index in [0.717, 1.165) is 18.4 Å². The fraction of sp³-hybridized carbons (Fsp3) is 0.588. The third-order valence-corrected chi connectivity index (χ3v) is 8.60. The predicted molar refractivity (Wildman–Crippen MR) is 176 cm³/mol. The molecule has 5 rings (SSSR count). The number of hydrogen-bond acceptors (Lipinski definition) is 10. The molecule has 1 N–H and O–H groups in total. The summed E-state index contributed by atoms with van der Waals surface area (Å²) in [5, 5.41) is 7.08. The minimum atomic E-state index is -0.675. The number of benzene rings is 1. The Morgan fingerprint density at radius 1 is 1.06 bits per heavy atom. The van der Waals surface area contributed by atoms with Gasteiger partial charge in [-0.15, -0.1) is 0 Å². The smallest absolute Gasteiger partial charge is 0.407 e. The van der Waals surface area contributed by atoms with Crippen molar-refractivity contribution in [1.29, 1.82) is 0 Å². The number of nitrogens with zero attached hydrogens (tertiary/aromatic N) is 7. The average molecular weight is 651 g/mol. The van der Waals surface area contributed by atoms with Gasteiger partial charge in [0.05, 0.1) is 11.6 Å². The summed E-state index contributed by atoms with van der Waals surface area (Å²) in [5.41, 5.74) is 0.959. The second kappa shape index (κ2) is 13.4. The fourth-order valence-corrected chi connectivity index (χ4v) is 6.18. The minimum absolute atomic E-state index is 0.0525. The summed E-state index contributed by atoms with van der Waals surface area (Å²) in [6.45, 7) is 18.1. The topological polar surface area (TPSA) is 130 Å². The molecule has 2 unspecified atom stereocenters. The molecule has 2 aliphatic heterocycles. The quantitative estimate of drug-likeness (QED) is 0.363. The van der Waals surface area contributed by atoms with Gasteiger partial charge in [-0.1, -0.05) is 43.6 Å². The van der Waals surface area contributed by atoms with Crippen molar-refractivity contribution >= 4 is 24.0 Å². The van der Waals surface area contributed by atoms with Crippen LogP contribution in [0.2, 0.25) is 0 Å². The Kier molecular flexibility index (Phi) is 9.74. The molecule has 254 valence electrons. The van der Waals surface area contributed by atoms with Crippen molar-refractivity contribution in [3.63, 3.8) is 0 Å². The molecule has 1 aromatic carbocycles. The van der Waals surface area contributed by atoms with Gasteiger partial charge in [0.15, 0.2) is 5.82 Å². The first-order chi connectivity index (χ1) is 22.1. The molecule has 0 spiro atoms. The SMILES string of the molecule is CCN(C(=O)c1cnc(N2CC(NC(=O)OC(C)(C)C)C(c3cc(C)ccc3F)C2)nc1)C1CCN(c2nc(C(C)(C)C)no2)CC1. The number of nitrogens with one attached hydrogen (secondary N) is 1. The summed E-state index contributed by atoms with van der Waals surface area (Å²) in [6.07, 6.45) is 4.06. The number of carbonyl (C=O) groups excluding carboxylic acids is 2. The lowest BCUT2D eigenvalue weighted by Crippen LogP contribution is -2.47. The molecule has 2 amide bonds. The van der Waals surface area contributed by atoms with Crippen molar-refractivity contribution in [2.75, 3.05) is 42.5 Å². The number of rotatable bonds is 7. The first kappa shape index (κ1) is 34.1. The van der Waals surface area contributed by atoms with E-state index in [1.165, 1.54) is 6.07 Å². The van der Waals surface area contributed by atoms with Gasteiger partial charge in [-0.05, 0) is 59.1 Å². The summed E-state index contributed by atoms with van der Waals surface area (Å²) in [6, 6.07) is 5.11. The second-order valence-corrected chi connectivity index (χ2v) is 14.5. The Hall–Kier alpha value is -4.29. The van der Waals surface area contributed by atoms with Gasteiger partial charge in [0.25, 0.3) is 5.91 Å². The third-order valence-electron chi connectivity index (χ3n) is 8.60. The van der Waals surface area contributed by atoms with E-state index in [1.807, 2.05) is 50.5 Å². The zero-order valence-corrected chi connectivity index (χ0v) is 28.7. The van der Waals surface area contributed by atoms with Gasteiger partial charge in [-0.3, -0.25) is 4.79 Å². The van der Waals surface area contributed by atoms with Crippen molar-refractivity contribution in [1.82, 2.24) is 30.3 Å². The Balaban J connectivity index is 1.26. The summed E-state index contributed by atoms with van der Waals surface area (Å²) < 4.78 is 26.1. The van der Waals surface area contributed by atoms with E-state index in [0.29, 0.717) is 61.6 Å². The lowest BCUT2D eigenvalue weighted by atomic mass is 9.92. The lowest BCUT2D eigenvalue weighted by molar-refractivity contribution is 0.0504. The first-order valence-electron chi connectivity index (χ1n) is 16.4. The summed E-state index contributed by atoms with van der Waals surface area (Å²) in [7, 11) is 0. The van der Waals surface area contributed by atoms with Crippen molar-refractivity contribution in [2.24, 2.45) is 0 Å². The van der Waals surface area contributed by atoms with Gasteiger partial charge in [0.2, 0.25) is 5.95 Å². The molecular weight excluding hydrogens is 603 g/mol. The van der Waals surface area contributed by atoms with Gasteiger partial charge < -0.3 is 29.3 Å². The highest BCUT2D eigenvalue weighted by atomic mass is 19.1. The van der Waals surface area contributed by atoms with Gasteiger partial charge in [-0.2, -0.15) is 4.98 Å². The Morgan fingerprint density at radius 3 is 2.34 bits per heavy atom. The molecule has 2 aromatic heterocycles. The van der Waals surface area contributed by atoms with Crippen molar-refractivity contribution in [2.45, 2.75) is 97.2 Å². The molecule has 2 aliphatic rings. The molecule has 0 aliphatic carbocycles. The van der Waals surface area contributed by atoms with Crippen molar-refractivity contribution in [3.05, 3.63) is 58.9 Å². The van der Waals surface area contributed by atoms with Crippen LogP contribution >= 0.6 is 0 Å². The van der Waals surface area contributed by atoms with E-state index >= 15 is 4.39 Å². The van der Waals surface area contributed by atoms with E-state index in [1.54, 1.807) is 39.2 Å². The monoisotopic (exact) mass is 650 g/mol. The highest BCUT2D eigenvalue weighted by molar-refractivity contribution is 5.94. The van der Waals surface area contributed by atoms with Gasteiger partial charge in [-0.25, -0.2) is 19.2 Å². The molecule has 12 nitrogen and oxygen atoms in total. The van der Waals surface area contributed by atoms with Crippen molar-refractivity contribution < 1.29 is 23.2 Å². The van der Waals surface area contributed by atoms with Crippen LogP contribution in [0.3, 0.4) is 0 Å². The summed E-state index contributed by atoms with van der Waals surface area (Å²) >= 11 is 0. The van der Waals surface area contributed by atoms with Crippen LogP contribution in [-0.4, -0.2) is 87.4 Å². The van der Waals surface area contributed by atoms with E-state index in [2.05, 4.69) is 30.3 Å². The van der Waals surface area contributed by atoms with E-state index in [9.17, 15) is 9.59 Å². The van der Waals surface area contributed by atoms with Crippen LogP contribution in [0.5, 0.6) is 0 Å². The summed E-state index contributed by atoms with van der Waals surface area (Å²) in [5.74, 6) is 0.248. The maximum Gasteiger partial charge on any atom is 0.407 e. The standard InChI is InChI=1S/C34H47FN8O4/c1-9-43(23-12-14-41(15-13-23)31-39-29(40-47-31)33(3,4)5)28(44)22-17-36-30(37-18-22)42-19-25(24-16-21(2)10-11-26(24)35)27(20-42)38-32(45)46-34(6,7)8/h10-11,16-18,23,25,27H,9,12-15,19-20H2,1-8H3,(H,38,45). The lowest BCUT2D eigenvalue weighted by Gasteiger charge is -2.37. The molecule has 0 bridgehead atoms. The number of amides is 2.